The maximum Gasteiger partial charge on any atom is 0.488 e. The third-order valence-corrected chi connectivity index (χ3v) is 5.47. The van der Waals surface area contributed by atoms with E-state index >= 15 is 0 Å². The van der Waals surface area contributed by atoms with Crippen molar-refractivity contribution in [1.82, 2.24) is 0 Å². The average Bonchev–Trinajstić information content (AvgIpc) is 3.20. The zero-order valence-corrected chi connectivity index (χ0v) is 12.5. The topological polar surface area (TPSA) is 114 Å². The van der Waals surface area contributed by atoms with Crippen molar-refractivity contribution >= 4 is 14.0 Å². The highest BCUT2D eigenvalue weighted by molar-refractivity contribution is 7.10. The van der Waals surface area contributed by atoms with E-state index < -0.39 is 63.2 Å². The zero-order chi connectivity index (χ0) is 16.0. The van der Waals surface area contributed by atoms with Crippen molar-refractivity contribution in [3.63, 3.8) is 0 Å². The summed E-state index contributed by atoms with van der Waals surface area (Å²) in [6, 6.07) is 0. The molecule has 24 heavy (non-hydrogen) atoms. The molecule has 0 saturated carbocycles. The molecule has 8 bridgehead atoms. The molecule has 0 aromatic heterocycles. The first-order chi connectivity index (χ1) is 11.7. The smallest absolute Gasteiger partial charge is 0.405 e. The van der Waals surface area contributed by atoms with Crippen LogP contribution < -0.4 is 0 Å². The second-order valence-electron chi connectivity index (χ2n) is 6.87. The Bertz CT molecular complexity index is 454. The molecule has 4 unspecified atom stereocenters. The van der Waals surface area contributed by atoms with E-state index in [1.807, 2.05) is 0 Å². The first-order valence-corrected chi connectivity index (χ1v) is 8.21. The number of rotatable bonds is 1. The molecule has 130 valence electrons. The lowest BCUT2D eigenvalue weighted by Crippen LogP contribution is -2.71. The van der Waals surface area contributed by atoms with Crippen LogP contribution >= 0.6 is 0 Å². The highest BCUT2D eigenvalue weighted by Gasteiger charge is 2.64. The van der Waals surface area contributed by atoms with Crippen molar-refractivity contribution in [3.8, 4) is 0 Å². The summed E-state index contributed by atoms with van der Waals surface area (Å²) in [7, 11) is -1.71. The Morgan fingerprint density at radius 3 is 1.50 bits per heavy atom. The van der Waals surface area contributed by atoms with Crippen molar-refractivity contribution in [2.75, 3.05) is 13.2 Å². The lowest BCUT2D eigenvalue weighted by Gasteiger charge is -2.48. The molecule has 2 N–H and O–H groups in total. The third-order valence-electron chi connectivity index (χ3n) is 5.47. The first kappa shape index (κ1) is 14.9. The molecule has 0 amide bonds. The van der Waals surface area contributed by atoms with Gasteiger partial charge in [0.25, 0.3) is 0 Å². The normalized spacial score (nSPS) is 58.2. The Labute approximate surface area is 137 Å². The van der Waals surface area contributed by atoms with E-state index in [1.165, 1.54) is 0 Å². The van der Waals surface area contributed by atoms with Crippen LogP contribution in [0.3, 0.4) is 0 Å². The molecule has 0 radical (unpaired) electrons. The molecule has 0 aliphatic carbocycles. The summed E-state index contributed by atoms with van der Waals surface area (Å²) in [5, 5.41) is 20.6. The Balaban J connectivity index is 1.25. The van der Waals surface area contributed by atoms with Crippen LogP contribution in [0, 0.1) is 0 Å². The SMILES string of the molecule is O[C@@H]1C2OB(B3OC4[C@@H]5OC[C@@H](O5)C(O3)[C@@H]4O)OC1[C@H]1CO[C@@H]2O1. The van der Waals surface area contributed by atoms with Crippen LogP contribution in [0.25, 0.3) is 0 Å². The van der Waals surface area contributed by atoms with Crippen LogP contribution in [0.1, 0.15) is 0 Å². The number of hydrogen-bond acceptors (Lipinski definition) is 10. The molecule has 0 aromatic rings. The first-order valence-electron chi connectivity index (χ1n) is 8.21. The number of aliphatic hydroxyl groups excluding tert-OH is 2. The summed E-state index contributed by atoms with van der Waals surface area (Å²) < 4.78 is 45.5. The van der Waals surface area contributed by atoms with E-state index in [0.717, 1.165) is 0 Å². The van der Waals surface area contributed by atoms with Gasteiger partial charge in [-0.3, -0.25) is 0 Å². The maximum atomic E-state index is 10.3. The van der Waals surface area contributed by atoms with Gasteiger partial charge in [-0.05, 0) is 0 Å². The highest BCUT2D eigenvalue weighted by Crippen LogP contribution is 2.40. The third kappa shape index (κ3) is 1.92. The average molecular weight is 342 g/mol. The predicted molar refractivity (Wildman–Crippen MR) is 72.2 cm³/mol. The quantitative estimate of drug-likeness (QED) is 0.474. The van der Waals surface area contributed by atoms with Crippen molar-refractivity contribution in [3.05, 3.63) is 0 Å². The molecule has 0 aromatic carbocycles. The van der Waals surface area contributed by atoms with E-state index in [9.17, 15) is 10.2 Å². The van der Waals surface area contributed by atoms with Crippen molar-refractivity contribution < 1.29 is 47.8 Å². The van der Waals surface area contributed by atoms with Gasteiger partial charge in [-0.25, -0.2) is 0 Å². The van der Waals surface area contributed by atoms with Gasteiger partial charge in [0.15, 0.2) is 12.6 Å². The molecule has 12 heteroatoms. The van der Waals surface area contributed by atoms with Crippen LogP contribution in [0.15, 0.2) is 0 Å². The van der Waals surface area contributed by atoms with Gasteiger partial charge in [0.05, 0.1) is 25.4 Å². The van der Waals surface area contributed by atoms with Crippen LogP contribution in [0.5, 0.6) is 0 Å². The van der Waals surface area contributed by atoms with Gasteiger partial charge >= 0.3 is 14.0 Å². The molecule has 6 fully saturated rings. The van der Waals surface area contributed by atoms with Gasteiger partial charge < -0.3 is 47.8 Å². The zero-order valence-electron chi connectivity index (χ0n) is 12.5. The second kappa shape index (κ2) is 5.13. The van der Waals surface area contributed by atoms with E-state index in [2.05, 4.69) is 0 Å². The van der Waals surface area contributed by atoms with Gasteiger partial charge in [0, 0.05) is 0 Å². The minimum atomic E-state index is -0.853. The molecule has 6 aliphatic rings. The van der Waals surface area contributed by atoms with Crippen LogP contribution in [0.4, 0.5) is 0 Å². The summed E-state index contributed by atoms with van der Waals surface area (Å²) in [6.45, 7) is 0.697. The van der Waals surface area contributed by atoms with Gasteiger partial charge in [-0.2, -0.15) is 0 Å². The van der Waals surface area contributed by atoms with Crippen molar-refractivity contribution in [2.45, 2.75) is 61.4 Å². The summed E-state index contributed by atoms with van der Waals surface area (Å²) >= 11 is 0. The van der Waals surface area contributed by atoms with Gasteiger partial charge in [-0.1, -0.05) is 0 Å². The number of aliphatic hydroxyl groups is 2. The van der Waals surface area contributed by atoms with E-state index in [1.54, 1.807) is 0 Å². The van der Waals surface area contributed by atoms with Gasteiger partial charge in [0.2, 0.25) is 0 Å². The summed E-state index contributed by atoms with van der Waals surface area (Å²) in [6.07, 6.45) is -6.08. The molecule has 6 heterocycles. The van der Waals surface area contributed by atoms with Crippen molar-refractivity contribution in [2.24, 2.45) is 0 Å². The lowest BCUT2D eigenvalue weighted by atomic mass is 9.46. The fraction of sp³-hybridized carbons (Fsp3) is 1.00. The molecular weight excluding hydrogens is 326 g/mol. The number of ether oxygens (including phenoxy) is 4. The molecule has 6 aliphatic heterocycles. The standard InChI is InChI=1S/C12H16B2O10/c15-5-7-3-1-17-11(19-3)9(5)23-13(21-7)14-22-8-4-2-18-12(20-4)10(24-14)6(8)16/h3-12,15-16H,1-2H2/t3-,4-,5+,6+,7?,8?,9?,10?,11-,12-/m1/s1. The minimum absolute atomic E-state index is 0.343. The van der Waals surface area contributed by atoms with E-state index in [4.69, 9.17) is 37.6 Å². The van der Waals surface area contributed by atoms with Crippen LogP contribution in [-0.4, -0.2) is 98.9 Å². The Hall–Kier alpha value is -0.270. The highest BCUT2D eigenvalue weighted by atomic mass is 16.8. The molecule has 10 nitrogen and oxygen atoms in total. The van der Waals surface area contributed by atoms with Crippen molar-refractivity contribution in [1.29, 1.82) is 0 Å². The molecular formula is C12H16B2O10. The summed E-state index contributed by atoms with van der Waals surface area (Å²) in [4.78, 5) is 0. The Morgan fingerprint density at radius 1 is 0.625 bits per heavy atom. The minimum Gasteiger partial charge on any atom is -0.405 e. The monoisotopic (exact) mass is 342 g/mol. The largest absolute Gasteiger partial charge is 0.488 e. The van der Waals surface area contributed by atoms with E-state index in [-0.39, 0.29) is 12.2 Å². The molecule has 6 rings (SSSR count). The van der Waals surface area contributed by atoms with Gasteiger partial charge in [-0.15, -0.1) is 0 Å². The molecule has 0 spiro atoms. The van der Waals surface area contributed by atoms with E-state index in [0.29, 0.717) is 13.2 Å². The lowest BCUT2D eigenvalue weighted by molar-refractivity contribution is -0.253. The van der Waals surface area contributed by atoms with Crippen LogP contribution in [-0.2, 0) is 37.6 Å². The van der Waals surface area contributed by atoms with Crippen LogP contribution in [0.2, 0.25) is 0 Å². The summed E-state index contributed by atoms with van der Waals surface area (Å²) in [5.74, 6) is 0. The predicted octanol–water partition coefficient (Wildman–Crippen LogP) is -3.16. The second-order valence-corrected chi connectivity index (χ2v) is 6.87. The Morgan fingerprint density at radius 2 is 1.04 bits per heavy atom. The van der Waals surface area contributed by atoms with Gasteiger partial charge in [0.1, 0.15) is 36.6 Å². The molecule has 10 atom stereocenters. The fourth-order valence-electron chi connectivity index (χ4n) is 4.27. The Kier molecular flexibility index (Phi) is 3.18. The fourth-order valence-corrected chi connectivity index (χ4v) is 4.27. The maximum absolute atomic E-state index is 10.3. The number of fused-ring (bicyclic) bond motifs is 12. The molecule has 6 saturated heterocycles. The summed E-state index contributed by atoms with van der Waals surface area (Å²) in [5.41, 5.74) is 0. The number of hydrogen-bond donors (Lipinski definition) is 2.